The summed E-state index contributed by atoms with van der Waals surface area (Å²) >= 11 is 0. The van der Waals surface area contributed by atoms with Crippen LogP contribution in [-0.2, 0) is 0 Å². The molecule has 324 valence electrons. The molecule has 0 aliphatic carbocycles. The Bertz CT molecular complexity index is 4360. The van der Waals surface area contributed by atoms with Crippen LogP contribution in [0.4, 0.5) is 0 Å². The lowest BCUT2D eigenvalue weighted by Gasteiger charge is -2.36. The van der Waals surface area contributed by atoms with E-state index in [0.29, 0.717) is 16.2 Å². The molecule has 0 spiro atoms. The summed E-state index contributed by atoms with van der Waals surface area (Å²) in [6.45, 7) is 0. The van der Waals surface area contributed by atoms with Crippen molar-refractivity contribution in [1.82, 2.24) is 9.13 Å². The molecule has 0 radical (unpaired) electrons. The van der Waals surface area contributed by atoms with Crippen LogP contribution in [0.2, 0.25) is 0 Å². The maximum absolute atomic E-state index is 9.77. The maximum Gasteiger partial charge on any atom is 0.179 e. The minimum atomic E-state index is -3.61. The van der Waals surface area contributed by atoms with Crippen LogP contribution in [0.15, 0.2) is 279 Å². The molecular formula is C66H46N2Si. The molecular weight excluding hydrogens is 849 g/mol. The summed E-state index contributed by atoms with van der Waals surface area (Å²) < 4.78 is 97.6. The molecule has 13 rings (SSSR count). The molecule has 0 fully saturated rings. The number of hydrogen-bond acceptors (Lipinski definition) is 0. The smallest absolute Gasteiger partial charge is 0.179 e. The molecule has 69 heavy (non-hydrogen) atoms. The predicted octanol–water partition coefficient (Wildman–Crippen LogP) is 14.3. The Morgan fingerprint density at radius 1 is 0.290 bits per heavy atom. The Hall–Kier alpha value is -8.76. The lowest BCUT2D eigenvalue weighted by atomic mass is 9.95. The molecule has 2 nitrogen and oxygen atoms in total. The van der Waals surface area contributed by atoms with Gasteiger partial charge in [0.2, 0.25) is 0 Å². The zero-order valence-corrected chi connectivity index (χ0v) is 38.2. The molecule has 0 atom stereocenters. The number of rotatable bonds is 9. The van der Waals surface area contributed by atoms with Crippen LogP contribution in [0.3, 0.4) is 0 Å². The van der Waals surface area contributed by atoms with Gasteiger partial charge in [0.25, 0.3) is 0 Å². The predicted molar refractivity (Wildman–Crippen MR) is 295 cm³/mol. The van der Waals surface area contributed by atoms with Crippen LogP contribution in [0.1, 0.15) is 13.7 Å². The van der Waals surface area contributed by atoms with Crippen molar-refractivity contribution >= 4 is 72.4 Å². The third-order valence-electron chi connectivity index (χ3n) is 13.6. The summed E-state index contributed by atoms with van der Waals surface area (Å²) in [7, 11) is -3.61. The van der Waals surface area contributed by atoms with Gasteiger partial charge in [0.15, 0.2) is 8.07 Å². The van der Waals surface area contributed by atoms with Crippen molar-refractivity contribution in [2.45, 2.75) is 0 Å². The van der Waals surface area contributed by atoms with Crippen molar-refractivity contribution < 1.29 is 13.7 Å². The average molecular weight is 905 g/mol. The molecule has 0 saturated carbocycles. The zero-order valence-electron chi connectivity index (χ0n) is 47.2. The topological polar surface area (TPSA) is 9.86 Å². The monoisotopic (exact) mass is 904 g/mol. The Labute approximate surface area is 417 Å². The Morgan fingerprint density at radius 3 is 1.25 bits per heavy atom. The molecule has 0 aliphatic rings. The highest BCUT2D eigenvalue weighted by atomic mass is 28.3. The second-order valence-corrected chi connectivity index (χ2v) is 21.1. The van der Waals surface area contributed by atoms with Crippen molar-refractivity contribution in [1.29, 1.82) is 0 Å². The van der Waals surface area contributed by atoms with Crippen LogP contribution in [-0.4, -0.2) is 17.2 Å². The highest BCUT2D eigenvalue weighted by molar-refractivity contribution is 7.20. The van der Waals surface area contributed by atoms with Gasteiger partial charge in [-0.25, -0.2) is 0 Å². The third kappa shape index (κ3) is 6.62. The fourth-order valence-electron chi connectivity index (χ4n) is 10.7. The van der Waals surface area contributed by atoms with E-state index >= 15 is 0 Å². The molecule has 0 unspecified atom stereocenters. The number of nitrogens with zero attached hydrogens (tertiary/aromatic N) is 2. The molecule has 2 heterocycles. The number of aromatic nitrogens is 2. The van der Waals surface area contributed by atoms with Gasteiger partial charge >= 0.3 is 0 Å². The molecule has 3 heteroatoms. The quantitative estimate of drug-likeness (QED) is 0.101. The standard InChI is InChI=1S/C66H46N2Si/c1-7-23-47(24-8-1)50-39-41-64-60(43-50)56-35-19-21-37-62(56)67(64)51-40-42-65-61(44-51)57-36-20-22-38-63(57)68(65)66-58(48-25-9-2-10-26-48)45-55(46-59(66)49-27-11-3-12-28-49)69(52-29-13-4-14-30-52,53-31-15-5-16-32-53)54-33-17-6-18-34-54/h1-46H/i2D,3D,9D,10D,11D,12D,25D,26D,27D,28D. The molecule has 0 N–H and O–H groups in total. The second kappa shape index (κ2) is 16.8. The van der Waals surface area contributed by atoms with E-state index < -0.39 is 68.5 Å². The van der Waals surface area contributed by atoms with Gasteiger partial charge in [-0.2, -0.15) is 0 Å². The van der Waals surface area contributed by atoms with Gasteiger partial charge < -0.3 is 9.13 Å². The summed E-state index contributed by atoms with van der Waals surface area (Å²) in [5, 5.41) is 7.41. The Morgan fingerprint density at radius 2 is 0.710 bits per heavy atom. The first kappa shape index (κ1) is 31.3. The third-order valence-corrected chi connectivity index (χ3v) is 18.4. The lowest BCUT2D eigenvalue weighted by Crippen LogP contribution is -2.74. The van der Waals surface area contributed by atoms with Crippen molar-refractivity contribution in [2.24, 2.45) is 0 Å². The Balaban J connectivity index is 1.21. The first-order chi connectivity index (χ1) is 38.4. The lowest BCUT2D eigenvalue weighted by molar-refractivity contribution is 1.17. The molecule has 0 bridgehead atoms. The number of fused-ring (bicyclic) bond motifs is 6. The maximum atomic E-state index is 9.77. The fourth-order valence-corrected chi connectivity index (χ4v) is 15.5. The average Bonchev–Trinajstić information content (AvgIpc) is 4.19. The summed E-state index contributed by atoms with van der Waals surface area (Å²) in [6, 6.07) is 68.3. The normalized spacial score (nSPS) is 13.8. The number of para-hydroxylation sites is 2. The van der Waals surface area contributed by atoms with Gasteiger partial charge in [0.1, 0.15) is 0 Å². The molecule has 13 aromatic rings. The zero-order chi connectivity index (χ0) is 54.4. The first-order valence-electron chi connectivity index (χ1n) is 28.0. The van der Waals surface area contributed by atoms with E-state index in [9.17, 15) is 11.0 Å². The second-order valence-electron chi connectivity index (χ2n) is 17.3. The van der Waals surface area contributed by atoms with E-state index in [1.807, 2.05) is 126 Å². The van der Waals surface area contributed by atoms with Crippen molar-refractivity contribution in [3.05, 3.63) is 279 Å². The van der Waals surface area contributed by atoms with Crippen LogP contribution < -0.4 is 20.7 Å². The molecule has 2 aromatic heterocycles. The SMILES string of the molecule is [2H]c1c([2H])c([2H])c(-c2cc([Si](c3ccccc3)(c3ccccc3)c3ccccc3)cc(-c3c([2H])c([2H])c([2H])c([2H])c3[2H])c2-n2c3ccccc3c3cc(-n4c5ccccc5c5cc(-c6ccccc6)ccc54)ccc32)c([2H])c1[2H]. The van der Waals surface area contributed by atoms with Gasteiger partial charge in [0, 0.05) is 38.4 Å². The summed E-state index contributed by atoms with van der Waals surface area (Å²) in [6.07, 6.45) is 0. The summed E-state index contributed by atoms with van der Waals surface area (Å²) in [5.41, 5.74) is 6.98. The van der Waals surface area contributed by atoms with Crippen LogP contribution in [0.25, 0.3) is 88.4 Å². The highest BCUT2D eigenvalue weighted by Crippen LogP contribution is 2.43. The first-order valence-corrected chi connectivity index (χ1v) is 25.0. The van der Waals surface area contributed by atoms with E-state index in [1.54, 1.807) is 0 Å². The number of hydrogen-bond donors (Lipinski definition) is 0. The van der Waals surface area contributed by atoms with Crippen molar-refractivity contribution in [3.8, 4) is 44.8 Å². The highest BCUT2D eigenvalue weighted by Gasteiger charge is 2.42. The summed E-state index contributed by atoms with van der Waals surface area (Å²) in [4.78, 5) is 0. The molecule has 0 amide bonds. The van der Waals surface area contributed by atoms with Gasteiger partial charge in [-0.05, 0) is 85.5 Å². The van der Waals surface area contributed by atoms with Crippen LogP contribution in [0, 0.1) is 0 Å². The molecule has 0 saturated heterocycles. The van der Waals surface area contributed by atoms with Crippen LogP contribution in [0.5, 0.6) is 0 Å². The number of benzene rings is 11. The van der Waals surface area contributed by atoms with E-state index in [-0.39, 0.29) is 27.9 Å². The minimum Gasteiger partial charge on any atom is -0.309 e. The van der Waals surface area contributed by atoms with E-state index in [4.69, 9.17) is 2.74 Å². The fraction of sp³-hybridized carbons (Fsp3) is 0. The molecule has 11 aromatic carbocycles. The van der Waals surface area contributed by atoms with E-state index in [1.165, 1.54) is 0 Å². The van der Waals surface area contributed by atoms with E-state index in [2.05, 4.69) is 102 Å². The van der Waals surface area contributed by atoms with Crippen molar-refractivity contribution in [2.75, 3.05) is 0 Å². The van der Waals surface area contributed by atoms with Gasteiger partial charge in [-0.1, -0.05) is 236 Å². The van der Waals surface area contributed by atoms with Gasteiger partial charge in [-0.15, -0.1) is 0 Å². The van der Waals surface area contributed by atoms with E-state index in [0.717, 1.165) is 65.0 Å². The van der Waals surface area contributed by atoms with Crippen molar-refractivity contribution in [3.63, 3.8) is 0 Å². The minimum absolute atomic E-state index is 0.101. The summed E-state index contributed by atoms with van der Waals surface area (Å²) in [5.74, 6) is 0. The van der Waals surface area contributed by atoms with Gasteiger partial charge in [0.05, 0.1) is 41.5 Å². The Kier molecular flexibility index (Phi) is 7.63. The molecule has 0 aliphatic heterocycles. The van der Waals surface area contributed by atoms with Gasteiger partial charge in [-0.3, -0.25) is 0 Å². The largest absolute Gasteiger partial charge is 0.309 e. The van der Waals surface area contributed by atoms with Crippen LogP contribution >= 0.6 is 0 Å².